The Hall–Kier alpha value is -1.49. The molecular weight excluding hydrogens is 262 g/mol. The molecule has 1 aliphatic rings. The smallest absolute Gasteiger partial charge is 0.223 e. The molecule has 2 rings (SSSR count). The number of aryl methyl sites for hydroxylation is 1. The van der Waals surface area contributed by atoms with E-state index in [0.717, 1.165) is 44.1 Å². The lowest BCUT2D eigenvalue weighted by Crippen LogP contribution is -2.40. The number of carbonyl (C=O) groups excluding carboxylic acids is 1. The molecule has 5 heteroatoms. The summed E-state index contributed by atoms with van der Waals surface area (Å²) in [7, 11) is 1.86. The van der Waals surface area contributed by atoms with Gasteiger partial charge in [-0.15, -0.1) is 0 Å². The zero-order valence-corrected chi connectivity index (χ0v) is 11.7. The summed E-state index contributed by atoms with van der Waals surface area (Å²) in [5.74, 6) is -0.901. The number of amides is 1. The number of likely N-dealkylation sites (N-methyl/N-ethyl adjacent to an activating group) is 1. The molecular formula is C15H20F2N2O. The minimum Gasteiger partial charge on any atom is -0.338 e. The van der Waals surface area contributed by atoms with Gasteiger partial charge in [-0.1, -0.05) is 0 Å². The summed E-state index contributed by atoms with van der Waals surface area (Å²) in [6.45, 7) is 1.54. The third-order valence-electron chi connectivity index (χ3n) is 3.75. The van der Waals surface area contributed by atoms with E-state index in [-0.39, 0.29) is 30.4 Å². The topological polar surface area (TPSA) is 32.3 Å². The van der Waals surface area contributed by atoms with E-state index < -0.39 is 11.6 Å². The van der Waals surface area contributed by atoms with Crippen LogP contribution >= 0.6 is 0 Å². The Kier molecular flexibility index (Phi) is 5.06. The molecule has 0 saturated carbocycles. The summed E-state index contributed by atoms with van der Waals surface area (Å²) < 4.78 is 26.6. The molecule has 1 unspecified atom stereocenters. The fraction of sp³-hybridized carbons (Fsp3) is 0.533. The summed E-state index contributed by atoms with van der Waals surface area (Å²) in [6.07, 6.45) is 2.47. The maximum Gasteiger partial charge on any atom is 0.223 e. The normalized spacial score (nSPS) is 18.6. The predicted octanol–water partition coefficient (Wildman–Crippen LogP) is 2.11. The summed E-state index contributed by atoms with van der Waals surface area (Å²) in [5, 5.41) is 3.08. The van der Waals surface area contributed by atoms with Crippen LogP contribution in [0, 0.1) is 11.6 Å². The van der Waals surface area contributed by atoms with Crippen molar-refractivity contribution in [1.29, 1.82) is 0 Å². The van der Waals surface area contributed by atoms with Crippen LogP contribution in [-0.2, 0) is 11.2 Å². The summed E-state index contributed by atoms with van der Waals surface area (Å²) >= 11 is 0. The van der Waals surface area contributed by atoms with Gasteiger partial charge in [0.1, 0.15) is 11.6 Å². The van der Waals surface area contributed by atoms with Crippen LogP contribution in [0.4, 0.5) is 8.78 Å². The van der Waals surface area contributed by atoms with Crippen LogP contribution in [0.1, 0.15) is 24.8 Å². The van der Waals surface area contributed by atoms with Crippen LogP contribution < -0.4 is 5.32 Å². The highest BCUT2D eigenvalue weighted by atomic mass is 19.1. The van der Waals surface area contributed by atoms with Crippen LogP contribution in [-0.4, -0.2) is 37.0 Å². The number of nitrogens with one attached hydrogen (secondary N) is 1. The standard InChI is InChI=1S/C15H20F2N2O/c1-18-10-13-3-2-8-19(13)15(20)7-4-11-9-12(16)5-6-14(11)17/h5-6,9,13,18H,2-4,7-8,10H2,1H3. The molecule has 1 N–H and O–H groups in total. The molecule has 3 nitrogen and oxygen atoms in total. The molecule has 0 bridgehead atoms. The van der Waals surface area contributed by atoms with Gasteiger partial charge in [0.05, 0.1) is 0 Å². The van der Waals surface area contributed by atoms with Crippen molar-refractivity contribution in [2.24, 2.45) is 0 Å². The molecule has 0 aromatic heterocycles. The number of carbonyl (C=O) groups is 1. The van der Waals surface area contributed by atoms with Crippen molar-refractivity contribution in [2.45, 2.75) is 31.7 Å². The van der Waals surface area contributed by atoms with Crippen LogP contribution in [0.5, 0.6) is 0 Å². The van der Waals surface area contributed by atoms with Crippen molar-refractivity contribution < 1.29 is 13.6 Å². The molecule has 20 heavy (non-hydrogen) atoms. The monoisotopic (exact) mass is 282 g/mol. The minimum atomic E-state index is -0.469. The Morgan fingerprint density at radius 1 is 1.45 bits per heavy atom. The summed E-state index contributed by atoms with van der Waals surface area (Å²) in [5.41, 5.74) is 0.266. The highest BCUT2D eigenvalue weighted by Gasteiger charge is 2.27. The first-order valence-electron chi connectivity index (χ1n) is 7.00. The van der Waals surface area contributed by atoms with Crippen LogP contribution in [0.25, 0.3) is 0 Å². The molecule has 1 aliphatic heterocycles. The molecule has 0 aliphatic carbocycles. The Balaban J connectivity index is 1.93. The van der Waals surface area contributed by atoms with Crippen molar-refractivity contribution in [3.63, 3.8) is 0 Å². The van der Waals surface area contributed by atoms with Crippen molar-refractivity contribution in [2.75, 3.05) is 20.1 Å². The number of benzene rings is 1. The number of nitrogens with zero attached hydrogens (tertiary/aromatic N) is 1. The molecule has 1 heterocycles. The minimum absolute atomic E-state index is 0.0198. The van der Waals surface area contributed by atoms with Crippen molar-refractivity contribution in [1.82, 2.24) is 10.2 Å². The lowest BCUT2D eigenvalue weighted by atomic mass is 10.1. The molecule has 1 aromatic carbocycles. The van der Waals surface area contributed by atoms with Crippen LogP contribution in [0.3, 0.4) is 0 Å². The quantitative estimate of drug-likeness (QED) is 0.897. The third kappa shape index (κ3) is 3.54. The zero-order valence-electron chi connectivity index (χ0n) is 11.7. The van der Waals surface area contributed by atoms with Gasteiger partial charge >= 0.3 is 0 Å². The Bertz CT molecular complexity index is 479. The molecule has 1 atom stereocenters. The van der Waals surface area contributed by atoms with Gasteiger partial charge in [0.15, 0.2) is 0 Å². The van der Waals surface area contributed by atoms with Gasteiger partial charge in [0.2, 0.25) is 5.91 Å². The number of likely N-dealkylation sites (tertiary alicyclic amines) is 1. The molecule has 110 valence electrons. The molecule has 0 radical (unpaired) electrons. The van der Waals surface area contributed by atoms with Crippen LogP contribution in [0.15, 0.2) is 18.2 Å². The largest absolute Gasteiger partial charge is 0.338 e. The van der Waals surface area contributed by atoms with Gasteiger partial charge in [-0.25, -0.2) is 8.78 Å². The second kappa shape index (κ2) is 6.79. The van der Waals surface area contributed by atoms with Crippen LogP contribution in [0.2, 0.25) is 0 Å². The summed E-state index contributed by atoms with van der Waals surface area (Å²) in [4.78, 5) is 14.0. The van der Waals surface area contributed by atoms with Crippen molar-refractivity contribution in [3.8, 4) is 0 Å². The number of hydrogen-bond donors (Lipinski definition) is 1. The maximum absolute atomic E-state index is 13.5. The van der Waals surface area contributed by atoms with Crippen molar-refractivity contribution >= 4 is 5.91 Å². The van der Waals surface area contributed by atoms with E-state index in [0.29, 0.717) is 0 Å². The maximum atomic E-state index is 13.5. The van der Waals surface area contributed by atoms with E-state index in [1.54, 1.807) is 0 Å². The highest BCUT2D eigenvalue weighted by Crippen LogP contribution is 2.19. The lowest BCUT2D eigenvalue weighted by molar-refractivity contribution is -0.131. The van der Waals surface area contributed by atoms with Crippen molar-refractivity contribution in [3.05, 3.63) is 35.4 Å². The SMILES string of the molecule is CNCC1CCCN1C(=O)CCc1cc(F)ccc1F. The number of halogens is 2. The average Bonchev–Trinajstić information content (AvgIpc) is 2.88. The van der Waals surface area contributed by atoms with E-state index in [4.69, 9.17) is 0 Å². The third-order valence-corrected chi connectivity index (χ3v) is 3.75. The molecule has 1 amide bonds. The van der Waals surface area contributed by atoms with E-state index in [9.17, 15) is 13.6 Å². The van der Waals surface area contributed by atoms with E-state index in [1.807, 2.05) is 11.9 Å². The molecule has 1 saturated heterocycles. The Labute approximate surface area is 118 Å². The van der Waals surface area contributed by atoms with Gasteiger partial charge < -0.3 is 10.2 Å². The Morgan fingerprint density at radius 3 is 3.00 bits per heavy atom. The van der Waals surface area contributed by atoms with Gasteiger partial charge in [0.25, 0.3) is 0 Å². The zero-order chi connectivity index (χ0) is 14.5. The second-order valence-electron chi connectivity index (χ2n) is 5.18. The van der Waals surface area contributed by atoms with Gasteiger partial charge in [-0.2, -0.15) is 0 Å². The Morgan fingerprint density at radius 2 is 2.25 bits per heavy atom. The van der Waals surface area contributed by atoms with Gasteiger partial charge in [0, 0.05) is 25.6 Å². The molecule has 0 spiro atoms. The summed E-state index contributed by atoms with van der Waals surface area (Å²) in [6, 6.07) is 3.58. The van der Waals surface area contributed by atoms with Gasteiger partial charge in [-0.3, -0.25) is 4.79 Å². The first kappa shape index (κ1) is 14.9. The predicted molar refractivity (Wildman–Crippen MR) is 73.3 cm³/mol. The highest BCUT2D eigenvalue weighted by molar-refractivity contribution is 5.77. The first-order valence-corrected chi connectivity index (χ1v) is 7.00. The van der Waals surface area contributed by atoms with E-state index in [2.05, 4.69) is 5.32 Å². The molecule has 1 aromatic rings. The van der Waals surface area contributed by atoms with Gasteiger partial charge in [-0.05, 0) is 50.1 Å². The number of hydrogen-bond acceptors (Lipinski definition) is 2. The first-order chi connectivity index (χ1) is 9.61. The fourth-order valence-electron chi connectivity index (χ4n) is 2.73. The fourth-order valence-corrected chi connectivity index (χ4v) is 2.73. The van der Waals surface area contributed by atoms with E-state index in [1.165, 1.54) is 0 Å². The molecule has 1 fully saturated rings. The average molecular weight is 282 g/mol. The number of rotatable bonds is 5. The van der Waals surface area contributed by atoms with E-state index >= 15 is 0 Å². The second-order valence-corrected chi connectivity index (χ2v) is 5.18. The lowest BCUT2D eigenvalue weighted by Gasteiger charge is -2.24.